The number of fused-ring (bicyclic) bond motifs is 1. The molecular weight excluding hydrogens is 513 g/mol. The van der Waals surface area contributed by atoms with Crippen molar-refractivity contribution in [2.24, 2.45) is 5.10 Å². The van der Waals surface area contributed by atoms with Gasteiger partial charge in [0.1, 0.15) is 23.6 Å². The van der Waals surface area contributed by atoms with Gasteiger partial charge >= 0.3 is 0 Å². The second kappa shape index (κ2) is 10.0. The molecule has 5 heterocycles. The van der Waals surface area contributed by atoms with Crippen LogP contribution in [0.3, 0.4) is 0 Å². The van der Waals surface area contributed by atoms with Crippen LogP contribution < -0.4 is 4.90 Å². The molecule has 0 spiro atoms. The maximum absolute atomic E-state index is 14.7. The minimum Gasteiger partial charge on any atom is -0.346 e. The Morgan fingerprint density at radius 1 is 1.08 bits per heavy atom. The van der Waals surface area contributed by atoms with E-state index >= 15 is 0 Å². The zero-order valence-electron chi connectivity index (χ0n) is 21.4. The molecule has 4 atom stereocenters. The van der Waals surface area contributed by atoms with Gasteiger partial charge in [-0.25, -0.2) is 18.2 Å². The standard InChI is InChI=1S/C28H30ClF3N6/c1-16-21(13-34-38(16)19-7-9-36(2)10-8-19)27-22(29)14-33-24-5-6-26(35-28(24)27)37-15-18(31)12-25(37)20-11-17(30)3-4-23(20)32/h3-6,11,13-14,16,18-19,21,25H,7-10,12,15H2,1-2H3/t16?,18-,21?,25+/m0/s1. The van der Waals surface area contributed by atoms with Gasteiger partial charge in [-0.1, -0.05) is 11.6 Å². The molecule has 0 saturated carbocycles. The van der Waals surface area contributed by atoms with Crippen molar-refractivity contribution < 1.29 is 13.2 Å². The van der Waals surface area contributed by atoms with Gasteiger partial charge in [-0.3, -0.25) is 9.99 Å². The molecule has 0 aliphatic carbocycles. The van der Waals surface area contributed by atoms with Gasteiger partial charge in [-0.2, -0.15) is 5.10 Å². The molecule has 2 fully saturated rings. The number of benzene rings is 1. The first-order valence-electron chi connectivity index (χ1n) is 13.1. The first-order valence-corrected chi connectivity index (χ1v) is 13.5. The summed E-state index contributed by atoms with van der Waals surface area (Å²) in [6.45, 7) is 4.26. The Hall–Kier alpha value is -2.91. The Kier molecular flexibility index (Phi) is 6.68. The van der Waals surface area contributed by atoms with E-state index in [0.29, 0.717) is 27.9 Å². The predicted molar refractivity (Wildman–Crippen MR) is 144 cm³/mol. The lowest BCUT2D eigenvalue weighted by Gasteiger charge is -2.37. The van der Waals surface area contributed by atoms with E-state index in [4.69, 9.17) is 21.7 Å². The molecule has 6 nitrogen and oxygen atoms in total. The monoisotopic (exact) mass is 542 g/mol. The van der Waals surface area contributed by atoms with Gasteiger partial charge in [0.25, 0.3) is 0 Å². The molecule has 200 valence electrons. The molecule has 6 rings (SSSR count). The van der Waals surface area contributed by atoms with Gasteiger partial charge in [-0.15, -0.1) is 0 Å². The molecule has 10 heteroatoms. The second-order valence-corrected chi connectivity index (χ2v) is 11.1. The zero-order valence-corrected chi connectivity index (χ0v) is 22.1. The van der Waals surface area contributed by atoms with E-state index in [9.17, 15) is 13.2 Å². The van der Waals surface area contributed by atoms with Crippen LogP contribution in [0.25, 0.3) is 11.0 Å². The minimum absolute atomic E-state index is 0.0354. The summed E-state index contributed by atoms with van der Waals surface area (Å²) in [5, 5.41) is 7.49. The van der Waals surface area contributed by atoms with E-state index in [-0.39, 0.29) is 30.5 Å². The van der Waals surface area contributed by atoms with Crippen LogP contribution in [-0.2, 0) is 0 Å². The number of halogens is 4. The van der Waals surface area contributed by atoms with Crippen LogP contribution in [0.2, 0.25) is 5.02 Å². The maximum Gasteiger partial charge on any atom is 0.130 e. The highest BCUT2D eigenvalue weighted by atomic mass is 35.5. The molecule has 2 saturated heterocycles. The fourth-order valence-electron chi connectivity index (χ4n) is 6.18. The Labute approximate surface area is 225 Å². The number of rotatable bonds is 4. The summed E-state index contributed by atoms with van der Waals surface area (Å²) < 4.78 is 43.4. The average Bonchev–Trinajstić information content (AvgIpc) is 3.48. The Morgan fingerprint density at radius 3 is 2.66 bits per heavy atom. The smallest absolute Gasteiger partial charge is 0.130 e. The van der Waals surface area contributed by atoms with Crippen LogP contribution in [0.5, 0.6) is 0 Å². The van der Waals surface area contributed by atoms with E-state index in [1.54, 1.807) is 17.2 Å². The van der Waals surface area contributed by atoms with E-state index < -0.39 is 23.8 Å². The number of hydrogen-bond donors (Lipinski definition) is 0. The Bertz CT molecular complexity index is 1380. The van der Waals surface area contributed by atoms with Crippen molar-refractivity contribution in [3.05, 3.63) is 64.3 Å². The molecule has 2 aromatic heterocycles. The topological polar surface area (TPSA) is 47.9 Å². The van der Waals surface area contributed by atoms with Gasteiger partial charge < -0.3 is 9.80 Å². The van der Waals surface area contributed by atoms with Crippen molar-refractivity contribution in [3.63, 3.8) is 0 Å². The maximum atomic E-state index is 14.7. The molecule has 3 aliphatic rings. The van der Waals surface area contributed by atoms with Crippen molar-refractivity contribution in [3.8, 4) is 0 Å². The summed E-state index contributed by atoms with van der Waals surface area (Å²) >= 11 is 6.74. The third kappa shape index (κ3) is 4.49. The van der Waals surface area contributed by atoms with Crippen molar-refractivity contribution in [1.82, 2.24) is 19.9 Å². The number of aromatic nitrogens is 2. The third-order valence-electron chi connectivity index (χ3n) is 8.24. The molecule has 38 heavy (non-hydrogen) atoms. The number of likely N-dealkylation sites (tertiary alicyclic amines) is 1. The third-order valence-corrected chi connectivity index (χ3v) is 8.54. The lowest BCUT2D eigenvalue weighted by atomic mass is 9.92. The van der Waals surface area contributed by atoms with Gasteiger partial charge in [0, 0.05) is 41.9 Å². The number of alkyl halides is 1. The first kappa shape index (κ1) is 25.4. The summed E-state index contributed by atoms with van der Waals surface area (Å²) in [6, 6.07) is 6.65. The molecule has 0 N–H and O–H groups in total. The van der Waals surface area contributed by atoms with E-state index in [0.717, 1.165) is 49.7 Å². The van der Waals surface area contributed by atoms with Crippen molar-refractivity contribution >= 4 is 34.7 Å². The van der Waals surface area contributed by atoms with Gasteiger partial charge in [0.15, 0.2) is 0 Å². The number of nitrogens with zero attached hydrogens (tertiary/aromatic N) is 6. The summed E-state index contributed by atoms with van der Waals surface area (Å²) in [5.74, 6) is -0.741. The van der Waals surface area contributed by atoms with Crippen LogP contribution >= 0.6 is 11.6 Å². The van der Waals surface area contributed by atoms with E-state index in [2.05, 4.69) is 28.9 Å². The summed E-state index contributed by atoms with van der Waals surface area (Å²) in [7, 11) is 2.14. The molecule has 1 aromatic carbocycles. The SMILES string of the molecule is CC1C(c2c(Cl)cnc3ccc(N4C[C@@H](F)C[C@@H]4c4cc(F)ccc4F)nc23)C=NN1C1CCN(C)CC1. The van der Waals surface area contributed by atoms with E-state index in [1.165, 1.54) is 0 Å². The van der Waals surface area contributed by atoms with Crippen LogP contribution in [0.4, 0.5) is 19.0 Å². The molecule has 3 aromatic rings. The Balaban J connectivity index is 1.36. The number of pyridine rings is 2. The number of hydrogen-bond acceptors (Lipinski definition) is 6. The normalized spacial score (nSPS) is 26.7. The van der Waals surface area contributed by atoms with Gasteiger partial charge in [-0.05, 0) is 70.2 Å². The predicted octanol–water partition coefficient (Wildman–Crippen LogP) is 5.72. The summed E-state index contributed by atoms with van der Waals surface area (Å²) in [4.78, 5) is 13.4. The molecule has 0 amide bonds. The summed E-state index contributed by atoms with van der Waals surface area (Å²) in [5.41, 5.74) is 2.23. The highest BCUT2D eigenvalue weighted by molar-refractivity contribution is 6.32. The summed E-state index contributed by atoms with van der Waals surface area (Å²) in [6.07, 6.45) is 4.54. The van der Waals surface area contributed by atoms with Crippen molar-refractivity contribution in [1.29, 1.82) is 0 Å². The van der Waals surface area contributed by atoms with Crippen molar-refractivity contribution in [2.45, 2.75) is 56.4 Å². The highest BCUT2D eigenvalue weighted by Crippen LogP contribution is 2.41. The lowest BCUT2D eigenvalue weighted by Crippen LogP contribution is -2.44. The fourth-order valence-corrected chi connectivity index (χ4v) is 6.44. The molecule has 0 bridgehead atoms. The molecule has 2 unspecified atom stereocenters. The highest BCUT2D eigenvalue weighted by Gasteiger charge is 2.38. The van der Waals surface area contributed by atoms with Gasteiger partial charge in [0.05, 0.1) is 34.7 Å². The Morgan fingerprint density at radius 2 is 1.87 bits per heavy atom. The van der Waals surface area contributed by atoms with Crippen LogP contribution in [0.1, 0.15) is 49.3 Å². The van der Waals surface area contributed by atoms with Crippen LogP contribution in [-0.4, -0.2) is 71.0 Å². The largest absolute Gasteiger partial charge is 0.346 e. The fraction of sp³-hybridized carbons (Fsp3) is 0.464. The van der Waals surface area contributed by atoms with Crippen LogP contribution in [0.15, 0.2) is 41.6 Å². The zero-order chi connectivity index (χ0) is 26.6. The van der Waals surface area contributed by atoms with Crippen molar-refractivity contribution in [2.75, 3.05) is 31.6 Å². The van der Waals surface area contributed by atoms with Crippen LogP contribution in [0, 0.1) is 11.6 Å². The lowest BCUT2D eigenvalue weighted by molar-refractivity contribution is 0.1000. The molecular formula is C28H30ClF3N6. The molecule has 3 aliphatic heterocycles. The number of hydrazone groups is 1. The molecule has 0 radical (unpaired) electrons. The second-order valence-electron chi connectivity index (χ2n) is 10.7. The van der Waals surface area contributed by atoms with Gasteiger partial charge in [0.2, 0.25) is 0 Å². The minimum atomic E-state index is -1.19. The first-order chi connectivity index (χ1) is 18.3. The quantitative estimate of drug-likeness (QED) is 0.422. The van der Waals surface area contributed by atoms with E-state index in [1.807, 2.05) is 12.3 Å². The average molecular weight is 543 g/mol. The number of piperidine rings is 1. The number of anilines is 1.